The maximum absolute atomic E-state index is 11.6. The summed E-state index contributed by atoms with van der Waals surface area (Å²) >= 11 is 0. The van der Waals surface area contributed by atoms with E-state index in [4.69, 9.17) is 14.7 Å². The summed E-state index contributed by atoms with van der Waals surface area (Å²) in [6, 6.07) is 9.27. The standard InChI is InChI=1S/C14H17NO3/c1-14(2,13(16)8-9-15)18-10-11-4-6-12(17-3)7-5-11/h4-7H,8,10H2,1-3H3. The number of ether oxygens (including phenoxy) is 2. The second-order valence-corrected chi connectivity index (χ2v) is 4.41. The van der Waals surface area contributed by atoms with Gasteiger partial charge in [-0.05, 0) is 31.5 Å². The highest BCUT2D eigenvalue weighted by atomic mass is 16.5. The first kappa shape index (κ1) is 14.2. The Hall–Kier alpha value is -1.86. The van der Waals surface area contributed by atoms with Crippen molar-refractivity contribution in [1.29, 1.82) is 5.26 Å². The monoisotopic (exact) mass is 247 g/mol. The van der Waals surface area contributed by atoms with E-state index >= 15 is 0 Å². The van der Waals surface area contributed by atoms with Crippen LogP contribution in [0, 0.1) is 11.3 Å². The van der Waals surface area contributed by atoms with E-state index in [1.807, 2.05) is 30.3 Å². The largest absolute Gasteiger partial charge is 0.497 e. The smallest absolute Gasteiger partial charge is 0.178 e. The third kappa shape index (κ3) is 3.86. The maximum Gasteiger partial charge on any atom is 0.178 e. The predicted octanol–water partition coefficient (Wildman–Crippen LogP) is 2.47. The van der Waals surface area contributed by atoms with Gasteiger partial charge in [0, 0.05) is 0 Å². The van der Waals surface area contributed by atoms with Gasteiger partial charge >= 0.3 is 0 Å². The van der Waals surface area contributed by atoms with Crippen LogP contribution < -0.4 is 4.74 Å². The van der Waals surface area contributed by atoms with Crippen molar-refractivity contribution in [3.8, 4) is 11.8 Å². The molecule has 0 saturated carbocycles. The number of carbonyl (C=O) groups is 1. The Kier molecular flexibility index (Phi) is 4.87. The molecule has 0 aliphatic heterocycles. The maximum atomic E-state index is 11.6. The molecule has 0 fully saturated rings. The normalized spacial score (nSPS) is 10.8. The van der Waals surface area contributed by atoms with Gasteiger partial charge in [0.15, 0.2) is 5.78 Å². The minimum absolute atomic E-state index is 0.129. The molecule has 0 unspecified atom stereocenters. The third-order valence-electron chi connectivity index (χ3n) is 2.67. The van der Waals surface area contributed by atoms with Gasteiger partial charge in [0.2, 0.25) is 0 Å². The molecule has 0 aliphatic rings. The summed E-state index contributed by atoms with van der Waals surface area (Å²) in [5.74, 6) is 0.567. The van der Waals surface area contributed by atoms with Gasteiger partial charge in [-0.15, -0.1) is 0 Å². The number of nitrogens with zero attached hydrogens (tertiary/aromatic N) is 1. The quantitative estimate of drug-likeness (QED) is 0.774. The van der Waals surface area contributed by atoms with Crippen LogP contribution in [0.3, 0.4) is 0 Å². The van der Waals surface area contributed by atoms with E-state index in [0.29, 0.717) is 6.61 Å². The van der Waals surface area contributed by atoms with Crippen molar-refractivity contribution in [3.63, 3.8) is 0 Å². The molecule has 1 rings (SSSR count). The Bertz CT molecular complexity index is 443. The van der Waals surface area contributed by atoms with Crippen molar-refractivity contribution in [3.05, 3.63) is 29.8 Å². The molecule has 0 aliphatic carbocycles. The zero-order chi connectivity index (χ0) is 13.6. The summed E-state index contributed by atoms with van der Waals surface area (Å²) in [6.45, 7) is 3.68. The summed E-state index contributed by atoms with van der Waals surface area (Å²) in [5, 5.41) is 8.50. The van der Waals surface area contributed by atoms with E-state index in [2.05, 4.69) is 0 Å². The first-order valence-electron chi connectivity index (χ1n) is 5.66. The number of benzene rings is 1. The van der Waals surface area contributed by atoms with Crippen LogP contribution in [0.5, 0.6) is 5.75 Å². The number of ketones is 1. The Morgan fingerprint density at radius 3 is 2.44 bits per heavy atom. The minimum atomic E-state index is -0.935. The van der Waals surface area contributed by atoms with E-state index in [-0.39, 0.29) is 12.2 Å². The minimum Gasteiger partial charge on any atom is -0.497 e. The van der Waals surface area contributed by atoms with Gasteiger partial charge in [-0.25, -0.2) is 0 Å². The Balaban J connectivity index is 2.58. The lowest BCUT2D eigenvalue weighted by molar-refractivity contribution is -0.140. The van der Waals surface area contributed by atoms with Crippen molar-refractivity contribution in [1.82, 2.24) is 0 Å². The molecule has 0 aromatic heterocycles. The molecule has 0 radical (unpaired) electrons. The van der Waals surface area contributed by atoms with Crippen LogP contribution in [0.4, 0.5) is 0 Å². The molecule has 0 heterocycles. The fourth-order valence-electron chi connectivity index (χ4n) is 1.35. The second kappa shape index (κ2) is 6.18. The molecule has 4 heteroatoms. The average Bonchev–Trinajstić information content (AvgIpc) is 2.37. The average molecular weight is 247 g/mol. The Morgan fingerprint density at radius 1 is 1.33 bits per heavy atom. The molecule has 96 valence electrons. The highest BCUT2D eigenvalue weighted by Crippen LogP contribution is 2.17. The van der Waals surface area contributed by atoms with Gasteiger partial charge in [0.25, 0.3) is 0 Å². The van der Waals surface area contributed by atoms with Gasteiger partial charge in [0.05, 0.1) is 26.2 Å². The first-order chi connectivity index (χ1) is 8.49. The number of hydrogen-bond acceptors (Lipinski definition) is 4. The van der Waals surface area contributed by atoms with Gasteiger partial charge in [-0.3, -0.25) is 4.79 Å². The molecule has 0 N–H and O–H groups in total. The number of methoxy groups -OCH3 is 1. The van der Waals surface area contributed by atoms with Crippen molar-refractivity contribution >= 4 is 5.78 Å². The SMILES string of the molecule is COc1ccc(COC(C)(C)C(=O)CC#N)cc1. The summed E-state index contributed by atoms with van der Waals surface area (Å²) in [7, 11) is 1.61. The molecular weight excluding hydrogens is 230 g/mol. The molecule has 1 aromatic carbocycles. The van der Waals surface area contributed by atoms with E-state index in [1.54, 1.807) is 21.0 Å². The van der Waals surface area contributed by atoms with Crippen molar-refractivity contribution < 1.29 is 14.3 Å². The predicted molar refractivity (Wildman–Crippen MR) is 67.1 cm³/mol. The third-order valence-corrected chi connectivity index (χ3v) is 2.67. The molecule has 18 heavy (non-hydrogen) atoms. The molecular formula is C14H17NO3. The topological polar surface area (TPSA) is 59.3 Å². The Morgan fingerprint density at radius 2 is 1.94 bits per heavy atom. The number of hydrogen-bond donors (Lipinski definition) is 0. The molecule has 0 saturated heterocycles. The number of carbonyl (C=O) groups excluding carboxylic acids is 1. The van der Waals surface area contributed by atoms with Crippen LogP contribution in [-0.2, 0) is 16.1 Å². The van der Waals surface area contributed by atoms with Crippen molar-refractivity contribution in [2.75, 3.05) is 7.11 Å². The zero-order valence-electron chi connectivity index (χ0n) is 10.9. The lowest BCUT2D eigenvalue weighted by Crippen LogP contribution is -2.34. The van der Waals surface area contributed by atoms with Crippen LogP contribution in [0.2, 0.25) is 0 Å². The number of rotatable bonds is 6. The van der Waals surface area contributed by atoms with Gasteiger partial charge in [-0.2, -0.15) is 5.26 Å². The van der Waals surface area contributed by atoms with Gasteiger partial charge in [0.1, 0.15) is 11.4 Å². The first-order valence-corrected chi connectivity index (χ1v) is 5.66. The molecule has 0 atom stereocenters. The van der Waals surface area contributed by atoms with Crippen LogP contribution in [0.1, 0.15) is 25.8 Å². The van der Waals surface area contributed by atoms with Crippen molar-refractivity contribution in [2.45, 2.75) is 32.5 Å². The molecule has 0 spiro atoms. The van der Waals surface area contributed by atoms with E-state index in [1.165, 1.54) is 0 Å². The lowest BCUT2D eigenvalue weighted by Gasteiger charge is -2.22. The number of Topliss-reactive ketones (excluding diaryl/α,β-unsaturated/α-hetero) is 1. The highest BCUT2D eigenvalue weighted by molar-refractivity contribution is 5.88. The summed E-state index contributed by atoms with van der Waals surface area (Å²) in [6.07, 6.45) is -0.129. The van der Waals surface area contributed by atoms with E-state index in [0.717, 1.165) is 11.3 Å². The zero-order valence-corrected chi connectivity index (χ0v) is 10.9. The summed E-state index contributed by atoms with van der Waals surface area (Å²) in [4.78, 5) is 11.6. The molecule has 0 amide bonds. The van der Waals surface area contributed by atoms with Crippen LogP contribution in [-0.4, -0.2) is 18.5 Å². The summed E-state index contributed by atoms with van der Waals surface area (Å²) < 4.78 is 10.6. The molecule has 4 nitrogen and oxygen atoms in total. The lowest BCUT2D eigenvalue weighted by atomic mass is 10.0. The summed E-state index contributed by atoms with van der Waals surface area (Å²) in [5.41, 5.74) is 0.0176. The van der Waals surface area contributed by atoms with Crippen LogP contribution >= 0.6 is 0 Å². The fraction of sp³-hybridized carbons (Fsp3) is 0.429. The van der Waals surface area contributed by atoms with Crippen LogP contribution in [0.15, 0.2) is 24.3 Å². The van der Waals surface area contributed by atoms with E-state index < -0.39 is 5.60 Å². The second-order valence-electron chi connectivity index (χ2n) is 4.41. The van der Waals surface area contributed by atoms with Gasteiger partial charge in [-0.1, -0.05) is 12.1 Å². The Labute approximate surface area is 107 Å². The van der Waals surface area contributed by atoms with Crippen molar-refractivity contribution in [2.24, 2.45) is 0 Å². The van der Waals surface area contributed by atoms with Crippen LogP contribution in [0.25, 0.3) is 0 Å². The highest BCUT2D eigenvalue weighted by Gasteiger charge is 2.27. The van der Waals surface area contributed by atoms with Gasteiger partial charge < -0.3 is 9.47 Å². The fourth-order valence-corrected chi connectivity index (χ4v) is 1.35. The van der Waals surface area contributed by atoms with E-state index in [9.17, 15) is 4.79 Å². The molecule has 0 bridgehead atoms. The number of nitriles is 1. The molecule has 1 aromatic rings.